The van der Waals surface area contributed by atoms with E-state index in [-0.39, 0.29) is 0 Å². The molecule has 1 unspecified atom stereocenters. The topological polar surface area (TPSA) is 15.3 Å². The fraction of sp³-hybridized carbons (Fsp3) is 0.625. The first-order valence-corrected chi connectivity index (χ1v) is 7.14. The molecule has 2 heteroatoms. The molecule has 0 spiro atoms. The molecule has 18 heavy (non-hydrogen) atoms. The third-order valence-corrected chi connectivity index (χ3v) is 3.76. The molecule has 0 aliphatic carbocycles. The van der Waals surface area contributed by atoms with E-state index in [0.717, 1.165) is 12.3 Å². The van der Waals surface area contributed by atoms with E-state index in [0.29, 0.717) is 6.04 Å². The largest absolute Gasteiger partial charge is 0.371 e. The van der Waals surface area contributed by atoms with Crippen molar-refractivity contribution in [1.82, 2.24) is 5.32 Å². The van der Waals surface area contributed by atoms with E-state index < -0.39 is 0 Å². The van der Waals surface area contributed by atoms with Gasteiger partial charge in [-0.05, 0) is 49.9 Å². The zero-order valence-corrected chi connectivity index (χ0v) is 12.2. The zero-order valence-electron chi connectivity index (χ0n) is 12.2. The molecule has 100 valence electrons. The van der Waals surface area contributed by atoms with E-state index in [1.54, 1.807) is 0 Å². The summed E-state index contributed by atoms with van der Waals surface area (Å²) >= 11 is 0. The van der Waals surface area contributed by atoms with Gasteiger partial charge in [0.2, 0.25) is 0 Å². The Bertz CT molecular complexity index is 398. The van der Waals surface area contributed by atoms with Crippen LogP contribution in [0.5, 0.6) is 0 Å². The van der Waals surface area contributed by atoms with Crippen molar-refractivity contribution in [2.45, 2.75) is 39.7 Å². The Labute approximate surface area is 111 Å². The average molecular weight is 246 g/mol. The number of fused-ring (bicyclic) bond motifs is 1. The molecular formula is C16H26N2. The number of nitrogens with zero attached hydrogens (tertiary/aromatic N) is 1. The van der Waals surface area contributed by atoms with Crippen LogP contribution < -0.4 is 10.2 Å². The van der Waals surface area contributed by atoms with Crippen LogP contribution in [0.1, 0.15) is 31.9 Å². The van der Waals surface area contributed by atoms with Gasteiger partial charge in [0.15, 0.2) is 0 Å². The van der Waals surface area contributed by atoms with E-state index >= 15 is 0 Å². The second-order valence-corrected chi connectivity index (χ2v) is 5.95. The summed E-state index contributed by atoms with van der Waals surface area (Å²) in [4.78, 5) is 2.55. The lowest BCUT2D eigenvalue weighted by atomic mass is 10.0. The maximum Gasteiger partial charge on any atom is 0.0402 e. The average Bonchev–Trinajstić information content (AvgIpc) is 2.71. The highest BCUT2D eigenvalue weighted by Crippen LogP contribution is 2.30. The highest BCUT2D eigenvalue weighted by Gasteiger charge is 2.19. The summed E-state index contributed by atoms with van der Waals surface area (Å²) in [5, 5.41) is 3.31. The fourth-order valence-corrected chi connectivity index (χ4v) is 2.70. The van der Waals surface area contributed by atoms with Gasteiger partial charge in [0.05, 0.1) is 0 Å². The van der Waals surface area contributed by atoms with Gasteiger partial charge in [-0.25, -0.2) is 0 Å². The predicted octanol–water partition coefficient (Wildman–Crippen LogP) is 2.86. The van der Waals surface area contributed by atoms with Crippen LogP contribution >= 0.6 is 0 Å². The molecule has 2 rings (SSSR count). The molecule has 1 heterocycles. The van der Waals surface area contributed by atoms with E-state index in [9.17, 15) is 0 Å². The van der Waals surface area contributed by atoms with E-state index in [4.69, 9.17) is 0 Å². The Morgan fingerprint density at radius 3 is 2.72 bits per heavy atom. The highest BCUT2D eigenvalue weighted by atomic mass is 15.1. The van der Waals surface area contributed by atoms with E-state index in [1.165, 1.54) is 36.3 Å². The van der Waals surface area contributed by atoms with Crippen LogP contribution in [0.25, 0.3) is 0 Å². The number of anilines is 1. The van der Waals surface area contributed by atoms with Crippen LogP contribution in [0.15, 0.2) is 18.2 Å². The molecule has 0 fully saturated rings. The molecule has 0 saturated heterocycles. The molecule has 1 N–H and O–H groups in total. The minimum Gasteiger partial charge on any atom is -0.371 e. The van der Waals surface area contributed by atoms with Crippen LogP contribution in [-0.2, 0) is 12.8 Å². The molecule has 1 aliphatic rings. The summed E-state index contributed by atoms with van der Waals surface area (Å²) in [6, 6.07) is 7.57. The summed E-state index contributed by atoms with van der Waals surface area (Å²) in [5.74, 6) is 0.732. The molecule has 0 radical (unpaired) electrons. The van der Waals surface area contributed by atoms with Crippen molar-refractivity contribution in [3.05, 3.63) is 29.3 Å². The summed E-state index contributed by atoms with van der Waals surface area (Å²) in [5.41, 5.74) is 4.45. The fourth-order valence-electron chi connectivity index (χ4n) is 2.70. The van der Waals surface area contributed by atoms with Crippen LogP contribution in [0, 0.1) is 5.92 Å². The number of likely N-dealkylation sites (N-methyl/N-ethyl adjacent to an activating group) is 1. The minimum atomic E-state index is 0.544. The van der Waals surface area contributed by atoms with Gasteiger partial charge in [-0.15, -0.1) is 0 Å². The van der Waals surface area contributed by atoms with Crippen LogP contribution in [0.3, 0.4) is 0 Å². The third kappa shape index (κ3) is 3.05. The smallest absolute Gasteiger partial charge is 0.0402 e. The van der Waals surface area contributed by atoms with Crippen molar-refractivity contribution in [3.63, 3.8) is 0 Å². The predicted molar refractivity (Wildman–Crippen MR) is 79.4 cm³/mol. The number of hydrogen-bond acceptors (Lipinski definition) is 2. The monoisotopic (exact) mass is 246 g/mol. The SMILES string of the molecule is CNC(C)Cc1ccc2c(c1)N(CC(C)C)CC2. The Morgan fingerprint density at radius 1 is 1.28 bits per heavy atom. The quantitative estimate of drug-likeness (QED) is 0.859. The molecule has 0 aromatic heterocycles. The molecule has 1 aromatic carbocycles. The number of rotatable bonds is 5. The first-order chi connectivity index (χ1) is 8.60. The van der Waals surface area contributed by atoms with Gasteiger partial charge in [0.25, 0.3) is 0 Å². The Kier molecular flexibility index (Phi) is 4.28. The van der Waals surface area contributed by atoms with Crippen molar-refractivity contribution in [3.8, 4) is 0 Å². The Morgan fingerprint density at radius 2 is 2.06 bits per heavy atom. The summed E-state index contributed by atoms with van der Waals surface area (Å²) < 4.78 is 0. The second kappa shape index (κ2) is 5.75. The molecule has 0 amide bonds. The van der Waals surface area contributed by atoms with Crippen molar-refractivity contribution < 1.29 is 0 Å². The van der Waals surface area contributed by atoms with Gasteiger partial charge in [-0.3, -0.25) is 0 Å². The maximum atomic E-state index is 3.31. The van der Waals surface area contributed by atoms with Crippen LogP contribution in [0.4, 0.5) is 5.69 Å². The number of hydrogen-bond donors (Lipinski definition) is 1. The third-order valence-electron chi connectivity index (χ3n) is 3.76. The van der Waals surface area contributed by atoms with Crippen LogP contribution in [-0.4, -0.2) is 26.2 Å². The molecule has 0 bridgehead atoms. The minimum absolute atomic E-state index is 0.544. The van der Waals surface area contributed by atoms with E-state index in [1.807, 2.05) is 7.05 Å². The summed E-state index contributed by atoms with van der Waals surface area (Å²) in [6.45, 7) is 9.20. The lowest BCUT2D eigenvalue weighted by Crippen LogP contribution is -2.26. The molecule has 1 atom stereocenters. The van der Waals surface area contributed by atoms with Gasteiger partial charge >= 0.3 is 0 Å². The Hall–Kier alpha value is -1.02. The summed E-state index contributed by atoms with van der Waals surface area (Å²) in [7, 11) is 2.03. The first-order valence-electron chi connectivity index (χ1n) is 7.14. The zero-order chi connectivity index (χ0) is 13.1. The lowest BCUT2D eigenvalue weighted by Gasteiger charge is -2.22. The van der Waals surface area contributed by atoms with Gasteiger partial charge in [0, 0.05) is 24.8 Å². The first kappa shape index (κ1) is 13.4. The summed E-state index contributed by atoms with van der Waals surface area (Å²) in [6.07, 6.45) is 2.32. The highest BCUT2D eigenvalue weighted by molar-refractivity contribution is 5.59. The van der Waals surface area contributed by atoms with Gasteiger partial charge < -0.3 is 10.2 Å². The van der Waals surface area contributed by atoms with Crippen molar-refractivity contribution in [2.75, 3.05) is 25.0 Å². The molecular weight excluding hydrogens is 220 g/mol. The lowest BCUT2D eigenvalue weighted by molar-refractivity contribution is 0.607. The van der Waals surface area contributed by atoms with Crippen LogP contribution in [0.2, 0.25) is 0 Å². The number of nitrogens with one attached hydrogen (secondary N) is 1. The molecule has 0 saturated carbocycles. The maximum absolute atomic E-state index is 3.31. The van der Waals surface area contributed by atoms with Crippen molar-refractivity contribution >= 4 is 5.69 Å². The van der Waals surface area contributed by atoms with Crippen molar-refractivity contribution in [1.29, 1.82) is 0 Å². The Balaban J connectivity index is 2.14. The standard InChI is InChI=1S/C16H26N2/c1-12(2)11-18-8-7-15-6-5-14(10-16(15)18)9-13(3)17-4/h5-6,10,12-13,17H,7-9,11H2,1-4H3. The second-order valence-electron chi connectivity index (χ2n) is 5.95. The normalized spacial score (nSPS) is 16.2. The molecule has 2 nitrogen and oxygen atoms in total. The van der Waals surface area contributed by atoms with Crippen molar-refractivity contribution in [2.24, 2.45) is 5.92 Å². The molecule has 1 aliphatic heterocycles. The van der Waals surface area contributed by atoms with Gasteiger partial charge in [0.1, 0.15) is 0 Å². The number of benzene rings is 1. The van der Waals surface area contributed by atoms with Gasteiger partial charge in [-0.1, -0.05) is 26.0 Å². The molecule has 1 aromatic rings. The van der Waals surface area contributed by atoms with E-state index in [2.05, 4.69) is 49.2 Å². The van der Waals surface area contributed by atoms with Gasteiger partial charge in [-0.2, -0.15) is 0 Å².